The van der Waals surface area contributed by atoms with E-state index in [4.69, 9.17) is 0 Å². The normalized spacial score (nSPS) is 17.0. The van der Waals surface area contributed by atoms with Gasteiger partial charge in [-0.25, -0.2) is 4.98 Å². The Balaban J connectivity index is 1.53. The van der Waals surface area contributed by atoms with Gasteiger partial charge in [0.2, 0.25) is 5.91 Å². The summed E-state index contributed by atoms with van der Waals surface area (Å²) in [5, 5.41) is 6.07. The van der Waals surface area contributed by atoms with Gasteiger partial charge in [-0.05, 0) is 26.0 Å². The van der Waals surface area contributed by atoms with Crippen molar-refractivity contribution in [3.8, 4) is 0 Å². The number of carbonyl (C=O) groups is 1. The zero-order valence-electron chi connectivity index (χ0n) is 13.5. The van der Waals surface area contributed by atoms with Crippen LogP contribution in [0.1, 0.15) is 12.5 Å². The van der Waals surface area contributed by atoms with E-state index in [1.807, 2.05) is 49.7 Å². The van der Waals surface area contributed by atoms with Crippen LogP contribution in [-0.4, -0.2) is 48.0 Å². The first kappa shape index (κ1) is 16.0. The van der Waals surface area contributed by atoms with Crippen molar-refractivity contribution >= 4 is 28.1 Å². The third kappa shape index (κ3) is 3.89. The van der Waals surface area contributed by atoms with Crippen LogP contribution in [0.3, 0.4) is 0 Å². The molecule has 5 nitrogen and oxygen atoms in total. The number of piperazine rings is 1. The molecule has 0 saturated carbocycles. The Morgan fingerprint density at radius 2 is 1.91 bits per heavy atom. The minimum absolute atomic E-state index is 0.0524. The summed E-state index contributed by atoms with van der Waals surface area (Å²) in [4.78, 5) is 21.3. The number of nitrogens with one attached hydrogen (secondary N) is 1. The fourth-order valence-electron chi connectivity index (χ4n) is 2.72. The Kier molecular flexibility index (Phi) is 4.93. The number of rotatable bonds is 4. The van der Waals surface area contributed by atoms with Gasteiger partial charge in [-0.15, -0.1) is 11.3 Å². The first-order chi connectivity index (χ1) is 11.1. The molecule has 1 aliphatic rings. The van der Waals surface area contributed by atoms with Crippen molar-refractivity contribution < 1.29 is 4.79 Å². The molecule has 0 radical (unpaired) electrons. The summed E-state index contributed by atoms with van der Waals surface area (Å²) in [6.45, 7) is 7.59. The second-order valence-electron chi connectivity index (χ2n) is 5.87. The molecular weight excluding hydrogens is 308 g/mol. The summed E-state index contributed by atoms with van der Waals surface area (Å²) in [5.41, 5.74) is 2.04. The van der Waals surface area contributed by atoms with Gasteiger partial charge in [-0.1, -0.05) is 17.7 Å². The largest absolute Gasteiger partial charge is 0.346 e. The molecule has 1 aliphatic heterocycles. The van der Waals surface area contributed by atoms with Crippen LogP contribution in [0, 0.1) is 6.92 Å². The highest BCUT2D eigenvalue weighted by Crippen LogP contribution is 2.20. The van der Waals surface area contributed by atoms with E-state index in [-0.39, 0.29) is 11.9 Å². The van der Waals surface area contributed by atoms with Crippen LogP contribution >= 0.6 is 11.3 Å². The number of thiazole rings is 1. The van der Waals surface area contributed by atoms with Gasteiger partial charge in [-0.2, -0.15) is 0 Å². The first-order valence-corrected chi connectivity index (χ1v) is 8.77. The lowest BCUT2D eigenvalue weighted by atomic mass is 10.2. The highest BCUT2D eigenvalue weighted by atomic mass is 32.1. The zero-order valence-corrected chi connectivity index (χ0v) is 14.3. The van der Waals surface area contributed by atoms with Crippen LogP contribution in [0.5, 0.6) is 0 Å². The van der Waals surface area contributed by atoms with E-state index in [9.17, 15) is 4.79 Å². The molecule has 6 heteroatoms. The van der Waals surface area contributed by atoms with Crippen LogP contribution < -0.4 is 10.2 Å². The average Bonchev–Trinajstić information content (AvgIpc) is 3.11. The molecule has 122 valence electrons. The summed E-state index contributed by atoms with van der Waals surface area (Å²) < 4.78 is 0. The third-order valence-corrected chi connectivity index (χ3v) is 5.08. The van der Waals surface area contributed by atoms with Crippen molar-refractivity contribution in [1.82, 2.24) is 9.88 Å². The number of amides is 1. The zero-order chi connectivity index (χ0) is 16.2. The lowest BCUT2D eigenvalue weighted by molar-refractivity contribution is -0.120. The van der Waals surface area contributed by atoms with Crippen molar-refractivity contribution in [2.24, 2.45) is 0 Å². The topological polar surface area (TPSA) is 48.5 Å². The Bertz CT molecular complexity index is 633. The maximum absolute atomic E-state index is 12.4. The summed E-state index contributed by atoms with van der Waals surface area (Å²) in [6, 6.07) is 7.77. The van der Waals surface area contributed by atoms with Gasteiger partial charge in [0, 0.05) is 43.4 Å². The van der Waals surface area contributed by atoms with Crippen LogP contribution in [0.4, 0.5) is 10.8 Å². The molecule has 1 amide bonds. The maximum atomic E-state index is 12.4. The maximum Gasteiger partial charge on any atom is 0.241 e. The molecule has 23 heavy (non-hydrogen) atoms. The molecule has 3 rings (SSSR count). The minimum atomic E-state index is -0.130. The predicted octanol–water partition coefficient (Wildman–Crippen LogP) is 2.60. The van der Waals surface area contributed by atoms with E-state index < -0.39 is 0 Å². The number of benzene rings is 1. The molecule has 1 saturated heterocycles. The number of carbonyl (C=O) groups excluding carboxylic acids is 1. The Morgan fingerprint density at radius 3 is 2.52 bits per heavy atom. The summed E-state index contributed by atoms with van der Waals surface area (Å²) in [5.74, 6) is 0.0524. The van der Waals surface area contributed by atoms with Crippen molar-refractivity contribution in [3.05, 3.63) is 41.4 Å². The lowest BCUT2D eigenvalue weighted by Gasteiger charge is -2.37. The Labute approximate surface area is 140 Å². The standard InChI is InChI=1S/C17H22N4OS/c1-13-3-5-15(6-4-13)19-16(22)14(2)20-8-10-21(11-9-20)17-18-7-12-23-17/h3-7,12,14H,8-11H2,1-2H3,(H,19,22). The minimum Gasteiger partial charge on any atom is -0.346 e. The molecule has 2 heterocycles. The summed E-state index contributed by atoms with van der Waals surface area (Å²) in [6.07, 6.45) is 1.84. The molecule has 0 spiro atoms. The van der Waals surface area contributed by atoms with Gasteiger partial charge in [0.15, 0.2) is 5.13 Å². The second-order valence-corrected chi connectivity index (χ2v) is 6.74. The van der Waals surface area contributed by atoms with E-state index in [2.05, 4.69) is 20.1 Å². The third-order valence-electron chi connectivity index (χ3n) is 4.25. The number of aryl methyl sites for hydroxylation is 1. The second kappa shape index (κ2) is 7.10. The molecular formula is C17H22N4OS. The molecule has 0 bridgehead atoms. The molecule has 1 N–H and O–H groups in total. The SMILES string of the molecule is Cc1ccc(NC(=O)C(C)N2CCN(c3nccs3)CC2)cc1. The van der Waals surface area contributed by atoms with Crippen LogP contribution in [-0.2, 0) is 4.79 Å². The number of hydrogen-bond acceptors (Lipinski definition) is 5. The van der Waals surface area contributed by atoms with E-state index in [1.54, 1.807) is 11.3 Å². The number of aromatic nitrogens is 1. The Hall–Kier alpha value is -1.92. The molecule has 2 aromatic rings. The van der Waals surface area contributed by atoms with Crippen LogP contribution in [0.25, 0.3) is 0 Å². The van der Waals surface area contributed by atoms with Crippen molar-refractivity contribution in [1.29, 1.82) is 0 Å². The first-order valence-electron chi connectivity index (χ1n) is 7.89. The van der Waals surface area contributed by atoms with Gasteiger partial charge < -0.3 is 10.2 Å². The van der Waals surface area contributed by atoms with Crippen molar-refractivity contribution in [2.75, 3.05) is 36.4 Å². The van der Waals surface area contributed by atoms with Gasteiger partial charge >= 0.3 is 0 Å². The van der Waals surface area contributed by atoms with Crippen LogP contribution in [0.2, 0.25) is 0 Å². The molecule has 1 atom stereocenters. The molecule has 1 aromatic carbocycles. The number of hydrogen-bond donors (Lipinski definition) is 1. The monoisotopic (exact) mass is 330 g/mol. The van der Waals surface area contributed by atoms with Crippen molar-refractivity contribution in [3.63, 3.8) is 0 Å². The number of anilines is 2. The predicted molar refractivity (Wildman–Crippen MR) is 95.2 cm³/mol. The van der Waals surface area contributed by atoms with Gasteiger partial charge in [0.1, 0.15) is 0 Å². The molecule has 1 unspecified atom stereocenters. The highest BCUT2D eigenvalue weighted by Gasteiger charge is 2.26. The van der Waals surface area contributed by atoms with Crippen molar-refractivity contribution in [2.45, 2.75) is 19.9 Å². The van der Waals surface area contributed by atoms with E-state index >= 15 is 0 Å². The van der Waals surface area contributed by atoms with Gasteiger partial charge in [0.05, 0.1) is 6.04 Å². The van der Waals surface area contributed by atoms with E-state index in [0.29, 0.717) is 0 Å². The number of nitrogens with zero attached hydrogens (tertiary/aromatic N) is 3. The fourth-order valence-corrected chi connectivity index (χ4v) is 3.42. The van der Waals surface area contributed by atoms with Crippen LogP contribution in [0.15, 0.2) is 35.8 Å². The lowest BCUT2D eigenvalue weighted by Crippen LogP contribution is -2.52. The average molecular weight is 330 g/mol. The van der Waals surface area contributed by atoms with E-state index in [1.165, 1.54) is 5.56 Å². The van der Waals surface area contributed by atoms with Gasteiger partial charge in [-0.3, -0.25) is 9.69 Å². The fraction of sp³-hybridized carbons (Fsp3) is 0.412. The quantitative estimate of drug-likeness (QED) is 0.936. The summed E-state index contributed by atoms with van der Waals surface area (Å²) in [7, 11) is 0. The Morgan fingerprint density at radius 1 is 1.22 bits per heavy atom. The van der Waals surface area contributed by atoms with E-state index in [0.717, 1.165) is 37.0 Å². The highest BCUT2D eigenvalue weighted by molar-refractivity contribution is 7.13. The summed E-state index contributed by atoms with van der Waals surface area (Å²) >= 11 is 1.67. The molecule has 1 fully saturated rings. The molecule has 1 aromatic heterocycles. The molecule has 0 aliphatic carbocycles. The smallest absolute Gasteiger partial charge is 0.241 e. The van der Waals surface area contributed by atoms with Gasteiger partial charge in [0.25, 0.3) is 0 Å².